The van der Waals surface area contributed by atoms with Crippen LogP contribution >= 0.6 is 15.9 Å². The summed E-state index contributed by atoms with van der Waals surface area (Å²) < 4.78 is 1.09. The number of hydrogen-bond acceptors (Lipinski definition) is 1. The fourth-order valence-electron chi connectivity index (χ4n) is 1.53. The Morgan fingerprint density at radius 2 is 2.00 bits per heavy atom. The van der Waals surface area contributed by atoms with Crippen molar-refractivity contribution in [2.45, 2.75) is 45.6 Å². The third-order valence-corrected chi connectivity index (χ3v) is 3.54. The second kappa shape index (κ2) is 4.67. The van der Waals surface area contributed by atoms with E-state index in [1.165, 1.54) is 5.56 Å². The van der Waals surface area contributed by atoms with Crippen LogP contribution in [-0.2, 0) is 5.60 Å². The lowest BCUT2D eigenvalue weighted by Crippen LogP contribution is -2.15. The highest BCUT2D eigenvalue weighted by atomic mass is 79.9. The quantitative estimate of drug-likeness (QED) is 0.874. The van der Waals surface area contributed by atoms with Gasteiger partial charge in [0.05, 0.1) is 5.60 Å². The summed E-state index contributed by atoms with van der Waals surface area (Å²) in [5, 5.41) is 9.88. The molecule has 84 valence electrons. The number of rotatable bonds is 3. The van der Waals surface area contributed by atoms with Crippen LogP contribution in [0.4, 0.5) is 0 Å². The highest BCUT2D eigenvalue weighted by Crippen LogP contribution is 2.31. The smallest absolute Gasteiger partial charge is 0.0840 e. The molecule has 1 nitrogen and oxygen atoms in total. The molecule has 1 aromatic carbocycles. The molecule has 0 amide bonds. The first-order valence-electron chi connectivity index (χ1n) is 5.38. The van der Waals surface area contributed by atoms with Crippen molar-refractivity contribution in [1.29, 1.82) is 0 Å². The minimum atomic E-state index is -0.767. The molecule has 0 aromatic heterocycles. The second-order valence-corrected chi connectivity index (χ2v) is 5.46. The SMILES string of the molecule is CCC(C)c1ccc(C(C)(C)O)cc1Br. The van der Waals surface area contributed by atoms with Crippen LogP contribution in [0.25, 0.3) is 0 Å². The lowest BCUT2D eigenvalue weighted by Gasteiger charge is -2.20. The first kappa shape index (κ1) is 12.7. The van der Waals surface area contributed by atoms with E-state index in [1.54, 1.807) is 13.8 Å². The Kier molecular flexibility index (Phi) is 3.96. The molecule has 0 radical (unpaired) electrons. The summed E-state index contributed by atoms with van der Waals surface area (Å²) in [6.45, 7) is 8.00. The van der Waals surface area contributed by atoms with Crippen molar-refractivity contribution in [2.24, 2.45) is 0 Å². The van der Waals surface area contributed by atoms with Gasteiger partial charge in [0.15, 0.2) is 0 Å². The van der Waals surface area contributed by atoms with Crippen LogP contribution in [0.5, 0.6) is 0 Å². The van der Waals surface area contributed by atoms with Crippen LogP contribution < -0.4 is 0 Å². The Morgan fingerprint density at radius 3 is 2.40 bits per heavy atom. The van der Waals surface area contributed by atoms with Crippen LogP contribution in [0.15, 0.2) is 22.7 Å². The molecule has 1 atom stereocenters. The zero-order chi connectivity index (χ0) is 11.6. The zero-order valence-corrected chi connectivity index (χ0v) is 11.4. The minimum absolute atomic E-state index is 0.551. The summed E-state index contributed by atoms with van der Waals surface area (Å²) in [6.07, 6.45) is 1.13. The van der Waals surface area contributed by atoms with Crippen LogP contribution in [0.1, 0.15) is 51.2 Å². The third kappa shape index (κ3) is 3.05. The van der Waals surface area contributed by atoms with Crippen molar-refractivity contribution in [3.05, 3.63) is 33.8 Å². The van der Waals surface area contributed by atoms with E-state index in [1.807, 2.05) is 12.1 Å². The predicted octanol–water partition coefficient (Wildman–Crippen LogP) is 4.19. The van der Waals surface area contributed by atoms with Gasteiger partial charge in [-0.05, 0) is 43.4 Å². The molecule has 0 aliphatic rings. The fraction of sp³-hybridized carbons (Fsp3) is 0.538. The third-order valence-electron chi connectivity index (χ3n) is 2.85. The summed E-state index contributed by atoms with van der Waals surface area (Å²) in [6, 6.07) is 6.12. The lowest BCUT2D eigenvalue weighted by atomic mass is 9.93. The van der Waals surface area contributed by atoms with E-state index >= 15 is 0 Å². The van der Waals surface area contributed by atoms with Crippen LogP contribution in [0.2, 0.25) is 0 Å². The summed E-state index contributed by atoms with van der Waals surface area (Å²) in [7, 11) is 0. The summed E-state index contributed by atoms with van der Waals surface area (Å²) >= 11 is 3.57. The molecule has 1 unspecified atom stereocenters. The van der Waals surface area contributed by atoms with Crippen molar-refractivity contribution in [1.82, 2.24) is 0 Å². The van der Waals surface area contributed by atoms with Gasteiger partial charge >= 0.3 is 0 Å². The van der Waals surface area contributed by atoms with Gasteiger partial charge in [-0.15, -0.1) is 0 Å². The van der Waals surface area contributed by atoms with E-state index in [0.29, 0.717) is 5.92 Å². The molecule has 2 heteroatoms. The normalized spacial score (nSPS) is 14.0. The molecule has 0 saturated heterocycles. The fourth-order valence-corrected chi connectivity index (χ4v) is 2.30. The first-order chi connectivity index (χ1) is 6.86. The number of benzene rings is 1. The van der Waals surface area contributed by atoms with Gasteiger partial charge in [-0.25, -0.2) is 0 Å². The largest absolute Gasteiger partial charge is 0.386 e. The van der Waals surface area contributed by atoms with Gasteiger partial charge in [0.25, 0.3) is 0 Å². The Balaban J connectivity index is 3.09. The molecule has 1 aromatic rings. The minimum Gasteiger partial charge on any atom is -0.386 e. The van der Waals surface area contributed by atoms with Crippen molar-refractivity contribution in [3.63, 3.8) is 0 Å². The standard InChI is InChI=1S/C13H19BrO/c1-5-9(2)11-7-6-10(8-12(11)14)13(3,4)15/h6-9,15H,5H2,1-4H3. The molecule has 1 N–H and O–H groups in total. The van der Waals surface area contributed by atoms with Gasteiger partial charge in [0, 0.05) is 4.47 Å². The van der Waals surface area contributed by atoms with E-state index in [0.717, 1.165) is 16.5 Å². The topological polar surface area (TPSA) is 20.2 Å². The summed E-state index contributed by atoms with van der Waals surface area (Å²) in [5.41, 5.74) is 1.49. The molecule has 0 saturated carbocycles. The van der Waals surface area contributed by atoms with Gasteiger partial charge in [-0.1, -0.05) is 41.9 Å². The van der Waals surface area contributed by atoms with Crippen molar-refractivity contribution >= 4 is 15.9 Å². The van der Waals surface area contributed by atoms with Crippen molar-refractivity contribution in [2.75, 3.05) is 0 Å². The summed E-state index contributed by atoms with van der Waals surface area (Å²) in [4.78, 5) is 0. The van der Waals surface area contributed by atoms with E-state index in [4.69, 9.17) is 0 Å². The highest BCUT2D eigenvalue weighted by molar-refractivity contribution is 9.10. The van der Waals surface area contributed by atoms with Crippen molar-refractivity contribution in [3.8, 4) is 0 Å². The van der Waals surface area contributed by atoms with Crippen LogP contribution in [0, 0.1) is 0 Å². The maximum atomic E-state index is 9.88. The molecular formula is C13H19BrO. The van der Waals surface area contributed by atoms with E-state index in [9.17, 15) is 5.11 Å². The first-order valence-corrected chi connectivity index (χ1v) is 6.18. The molecule has 0 fully saturated rings. The molecule has 0 bridgehead atoms. The summed E-state index contributed by atoms with van der Waals surface area (Å²) in [5.74, 6) is 0.551. The Bertz CT molecular complexity index is 339. The molecule has 0 heterocycles. The monoisotopic (exact) mass is 270 g/mol. The predicted molar refractivity (Wildman–Crippen MR) is 68.1 cm³/mol. The zero-order valence-electron chi connectivity index (χ0n) is 9.84. The maximum absolute atomic E-state index is 9.88. The Morgan fingerprint density at radius 1 is 1.40 bits per heavy atom. The lowest BCUT2D eigenvalue weighted by molar-refractivity contribution is 0.0785. The Labute approximate surface area is 101 Å². The average Bonchev–Trinajstić information content (AvgIpc) is 2.15. The van der Waals surface area contributed by atoms with E-state index in [2.05, 4.69) is 35.8 Å². The highest BCUT2D eigenvalue weighted by Gasteiger charge is 2.17. The molecule has 15 heavy (non-hydrogen) atoms. The maximum Gasteiger partial charge on any atom is 0.0840 e. The molecule has 0 spiro atoms. The van der Waals surface area contributed by atoms with Crippen molar-refractivity contribution < 1.29 is 5.11 Å². The van der Waals surface area contributed by atoms with Gasteiger partial charge < -0.3 is 5.11 Å². The van der Waals surface area contributed by atoms with Gasteiger partial charge in [-0.2, -0.15) is 0 Å². The van der Waals surface area contributed by atoms with Gasteiger partial charge in [0.1, 0.15) is 0 Å². The number of aliphatic hydroxyl groups is 1. The van der Waals surface area contributed by atoms with Gasteiger partial charge in [-0.3, -0.25) is 0 Å². The second-order valence-electron chi connectivity index (χ2n) is 4.60. The molecular weight excluding hydrogens is 252 g/mol. The van der Waals surface area contributed by atoms with Crippen LogP contribution in [0.3, 0.4) is 0 Å². The van der Waals surface area contributed by atoms with E-state index in [-0.39, 0.29) is 0 Å². The molecule has 0 aliphatic carbocycles. The average molecular weight is 271 g/mol. The number of hydrogen-bond donors (Lipinski definition) is 1. The molecule has 1 rings (SSSR count). The Hall–Kier alpha value is -0.340. The van der Waals surface area contributed by atoms with Gasteiger partial charge in [0.2, 0.25) is 0 Å². The van der Waals surface area contributed by atoms with E-state index < -0.39 is 5.60 Å². The molecule has 0 aliphatic heterocycles. The number of halogens is 1. The van der Waals surface area contributed by atoms with Crippen LogP contribution in [-0.4, -0.2) is 5.11 Å².